The van der Waals surface area contributed by atoms with E-state index in [0.717, 1.165) is 11.5 Å². The number of aryl methyl sites for hydroxylation is 1. The Morgan fingerprint density at radius 2 is 2.36 bits per heavy atom. The van der Waals surface area contributed by atoms with Crippen molar-refractivity contribution in [2.45, 2.75) is 6.92 Å². The van der Waals surface area contributed by atoms with Crippen molar-refractivity contribution >= 4 is 33.9 Å². The van der Waals surface area contributed by atoms with Gasteiger partial charge in [0.2, 0.25) is 5.13 Å². The van der Waals surface area contributed by atoms with Crippen LogP contribution >= 0.6 is 22.9 Å². The number of carbonyl (C=O) groups is 1. The summed E-state index contributed by atoms with van der Waals surface area (Å²) in [6, 6.07) is 0. The van der Waals surface area contributed by atoms with Crippen molar-refractivity contribution in [1.82, 2.24) is 19.8 Å². The second-order valence-electron chi connectivity index (χ2n) is 2.39. The number of anilines is 1. The Kier molecular flexibility index (Phi) is 2.46. The first-order chi connectivity index (χ1) is 6.77. The van der Waals surface area contributed by atoms with E-state index in [9.17, 15) is 4.79 Å². The van der Waals surface area contributed by atoms with E-state index in [1.54, 1.807) is 12.4 Å². The molecule has 0 aliphatic carbocycles. The maximum absolute atomic E-state index is 11.6. The van der Waals surface area contributed by atoms with Crippen LogP contribution in [0.1, 0.15) is 15.4 Å². The van der Waals surface area contributed by atoms with Crippen LogP contribution in [0.4, 0.5) is 5.13 Å². The van der Waals surface area contributed by atoms with Crippen LogP contribution < -0.4 is 5.32 Å². The Labute approximate surface area is 87.2 Å². The van der Waals surface area contributed by atoms with Gasteiger partial charge in [-0.1, -0.05) is 15.8 Å². The predicted octanol–water partition coefficient (Wildman–Crippen LogP) is 0.950. The summed E-state index contributed by atoms with van der Waals surface area (Å²) < 4.78 is 3.67. The fourth-order valence-electron chi connectivity index (χ4n) is 0.821. The highest BCUT2D eigenvalue weighted by Gasteiger charge is 2.13. The zero-order valence-electron chi connectivity index (χ0n) is 7.09. The van der Waals surface area contributed by atoms with E-state index in [1.165, 1.54) is 11.3 Å². The molecule has 0 aromatic carbocycles. The summed E-state index contributed by atoms with van der Waals surface area (Å²) in [5, 5.41) is 14.1. The third-order valence-corrected chi connectivity index (χ3v) is 2.87. The van der Waals surface area contributed by atoms with E-state index in [4.69, 9.17) is 0 Å². The van der Waals surface area contributed by atoms with E-state index in [0.29, 0.717) is 15.7 Å². The van der Waals surface area contributed by atoms with Gasteiger partial charge in [-0.2, -0.15) is 0 Å². The van der Waals surface area contributed by atoms with E-state index in [1.807, 2.05) is 0 Å². The molecule has 72 valence electrons. The van der Waals surface area contributed by atoms with E-state index < -0.39 is 0 Å². The van der Waals surface area contributed by atoms with Gasteiger partial charge >= 0.3 is 0 Å². The van der Waals surface area contributed by atoms with Crippen molar-refractivity contribution < 1.29 is 4.79 Å². The molecule has 0 saturated heterocycles. The third kappa shape index (κ3) is 1.75. The van der Waals surface area contributed by atoms with Gasteiger partial charge < -0.3 is 0 Å². The standard InChI is InChI=1S/C6H5N5OS2/c1-3-4(14-11-9-3)5(12)8-6-10-7-2-13-6/h2H,1H3,(H,8,10,12). The highest BCUT2D eigenvalue weighted by atomic mass is 32.1. The lowest BCUT2D eigenvalue weighted by atomic mass is 10.4. The zero-order valence-corrected chi connectivity index (χ0v) is 8.72. The van der Waals surface area contributed by atoms with Crippen molar-refractivity contribution in [3.63, 3.8) is 0 Å². The Hall–Kier alpha value is -1.41. The fourth-order valence-corrected chi connectivity index (χ4v) is 1.81. The first kappa shape index (κ1) is 9.16. The molecule has 0 aliphatic heterocycles. The molecule has 2 aromatic heterocycles. The van der Waals surface area contributed by atoms with Crippen molar-refractivity contribution in [2.75, 3.05) is 5.32 Å². The number of carbonyl (C=O) groups excluding carboxylic acids is 1. The fraction of sp³-hybridized carbons (Fsp3) is 0.167. The summed E-state index contributed by atoms with van der Waals surface area (Å²) in [7, 11) is 0. The minimum absolute atomic E-state index is 0.241. The van der Waals surface area contributed by atoms with Crippen LogP contribution in [0.2, 0.25) is 0 Å². The summed E-state index contributed by atoms with van der Waals surface area (Å²) in [4.78, 5) is 12.1. The number of rotatable bonds is 2. The number of hydrogen-bond acceptors (Lipinski definition) is 7. The minimum atomic E-state index is -0.241. The molecule has 0 bridgehead atoms. The number of amides is 1. The second-order valence-corrected chi connectivity index (χ2v) is 3.97. The van der Waals surface area contributed by atoms with Crippen LogP contribution in [-0.4, -0.2) is 25.7 Å². The quantitative estimate of drug-likeness (QED) is 0.826. The number of aromatic nitrogens is 4. The Morgan fingerprint density at radius 3 is 2.93 bits per heavy atom. The van der Waals surface area contributed by atoms with Crippen LogP contribution in [0.3, 0.4) is 0 Å². The van der Waals surface area contributed by atoms with E-state index >= 15 is 0 Å². The van der Waals surface area contributed by atoms with Gasteiger partial charge in [0, 0.05) is 0 Å². The SMILES string of the molecule is Cc1nnsc1C(=O)Nc1nncs1. The van der Waals surface area contributed by atoms with Crippen molar-refractivity contribution in [2.24, 2.45) is 0 Å². The molecule has 2 rings (SSSR count). The molecule has 2 heterocycles. The number of nitrogens with one attached hydrogen (secondary N) is 1. The summed E-state index contributed by atoms with van der Waals surface area (Å²) in [5.74, 6) is -0.241. The lowest BCUT2D eigenvalue weighted by Crippen LogP contribution is -2.11. The molecular formula is C6H5N5OS2. The van der Waals surface area contributed by atoms with Crippen molar-refractivity contribution in [3.05, 3.63) is 16.1 Å². The van der Waals surface area contributed by atoms with Crippen molar-refractivity contribution in [3.8, 4) is 0 Å². The monoisotopic (exact) mass is 227 g/mol. The maximum atomic E-state index is 11.6. The zero-order chi connectivity index (χ0) is 9.97. The molecule has 2 aromatic rings. The van der Waals surface area contributed by atoms with Crippen LogP contribution in [0.25, 0.3) is 0 Å². The molecule has 0 aliphatic rings. The molecule has 1 N–H and O–H groups in total. The van der Waals surface area contributed by atoms with Gasteiger partial charge in [-0.15, -0.1) is 15.3 Å². The lowest BCUT2D eigenvalue weighted by molar-refractivity contribution is 0.102. The first-order valence-electron chi connectivity index (χ1n) is 3.64. The van der Waals surface area contributed by atoms with E-state index in [-0.39, 0.29) is 5.91 Å². The van der Waals surface area contributed by atoms with Gasteiger partial charge in [-0.25, -0.2) is 0 Å². The average molecular weight is 227 g/mol. The van der Waals surface area contributed by atoms with Crippen LogP contribution in [0.15, 0.2) is 5.51 Å². The number of nitrogens with zero attached hydrogens (tertiary/aromatic N) is 4. The Morgan fingerprint density at radius 1 is 1.50 bits per heavy atom. The molecule has 0 unspecified atom stereocenters. The topological polar surface area (TPSA) is 80.7 Å². The van der Waals surface area contributed by atoms with Crippen LogP contribution in [0, 0.1) is 6.92 Å². The highest BCUT2D eigenvalue weighted by molar-refractivity contribution is 7.13. The molecule has 0 spiro atoms. The summed E-state index contributed by atoms with van der Waals surface area (Å²) in [6.07, 6.45) is 0. The summed E-state index contributed by atoms with van der Waals surface area (Å²) in [5.41, 5.74) is 2.17. The number of hydrogen-bond donors (Lipinski definition) is 1. The smallest absolute Gasteiger partial charge is 0.271 e. The normalized spacial score (nSPS) is 10.1. The molecule has 0 saturated carbocycles. The molecule has 0 fully saturated rings. The van der Waals surface area contributed by atoms with E-state index in [2.05, 4.69) is 25.1 Å². The van der Waals surface area contributed by atoms with Gasteiger partial charge in [-0.3, -0.25) is 10.1 Å². The largest absolute Gasteiger partial charge is 0.296 e. The predicted molar refractivity (Wildman–Crippen MR) is 52.5 cm³/mol. The molecule has 14 heavy (non-hydrogen) atoms. The van der Waals surface area contributed by atoms with Gasteiger partial charge in [-0.05, 0) is 18.5 Å². The van der Waals surface area contributed by atoms with Gasteiger partial charge in [0.05, 0.1) is 5.69 Å². The van der Waals surface area contributed by atoms with Crippen molar-refractivity contribution in [1.29, 1.82) is 0 Å². The summed E-state index contributed by atoms with van der Waals surface area (Å²) >= 11 is 2.33. The van der Waals surface area contributed by atoms with Gasteiger partial charge in [0.15, 0.2) is 0 Å². The van der Waals surface area contributed by atoms with Crippen LogP contribution in [-0.2, 0) is 0 Å². The molecule has 8 heteroatoms. The first-order valence-corrected chi connectivity index (χ1v) is 5.29. The molecule has 0 radical (unpaired) electrons. The summed E-state index contributed by atoms with van der Waals surface area (Å²) in [6.45, 7) is 1.73. The lowest BCUT2D eigenvalue weighted by Gasteiger charge is -1.96. The molecule has 1 amide bonds. The molecule has 6 nitrogen and oxygen atoms in total. The van der Waals surface area contributed by atoms with Gasteiger partial charge in [0.1, 0.15) is 10.4 Å². The van der Waals surface area contributed by atoms with Gasteiger partial charge in [0.25, 0.3) is 5.91 Å². The Balaban J connectivity index is 2.14. The van der Waals surface area contributed by atoms with Crippen LogP contribution in [0.5, 0.6) is 0 Å². The second kappa shape index (κ2) is 3.76. The maximum Gasteiger partial charge on any atom is 0.271 e. The molecular weight excluding hydrogens is 222 g/mol. The average Bonchev–Trinajstić information content (AvgIpc) is 2.75. The Bertz CT molecular complexity index is 437. The third-order valence-electron chi connectivity index (χ3n) is 1.44. The molecule has 0 atom stereocenters. The minimum Gasteiger partial charge on any atom is -0.296 e. The highest BCUT2D eigenvalue weighted by Crippen LogP contribution is 2.14.